The van der Waals surface area contributed by atoms with Gasteiger partial charge in [0.2, 0.25) is 0 Å². The highest BCUT2D eigenvalue weighted by atomic mass is 32.2. The molecule has 3 rings (SSSR count). The van der Waals surface area contributed by atoms with Crippen molar-refractivity contribution in [1.82, 2.24) is 0 Å². The summed E-state index contributed by atoms with van der Waals surface area (Å²) in [6.07, 6.45) is -4.46. The summed E-state index contributed by atoms with van der Waals surface area (Å²) in [5.74, 6) is -0.252. The summed E-state index contributed by atoms with van der Waals surface area (Å²) >= 11 is 0. The molecule has 0 saturated heterocycles. The van der Waals surface area contributed by atoms with Crippen LogP contribution in [0.25, 0.3) is 10.8 Å². The van der Waals surface area contributed by atoms with E-state index in [-0.39, 0.29) is 22.0 Å². The fourth-order valence-corrected chi connectivity index (χ4v) is 2.89. The smallest absolute Gasteiger partial charge is 0.416 e. The van der Waals surface area contributed by atoms with Gasteiger partial charge in [-0.15, -0.1) is 5.11 Å². The van der Waals surface area contributed by atoms with Crippen LogP contribution in [0.3, 0.4) is 0 Å². The van der Waals surface area contributed by atoms with Crippen molar-refractivity contribution in [3.8, 4) is 5.75 Å². The SMILES string of the molecule is O=S(=O)(O)c1ccc2c(N=Nc3ccc(C(F)(F)F)cc3)c(O)ccc2c1. The number of azo groups is 1. The number of phenolic OH excluding ortho intramolecular Hbond substituents is 1. The monoisotopic (exact) mass is 396 g/mol. The number of fused-ring (bicyclic) bond motifs is 1. The highest BCUT2D eigenvalue weighted by Gasteiger charge is 2.29. The van der Waals surface area contributed by atoms with Crippen LogP contribution in [-0.2, 0) is 16.3 Å². The first-order valence-corrected chi connectivity index (χ1v) is 8.82. The van der Waals surface area contributed by atoms with Gasteiger partial charge in [-0.2, -0.15) is 26.7 Å². The normalized spacial score (nSPS) is 12.7. The molecule has 2 N–H and O–H groups in total. The van der Waals surface area contributed by atoms with Gasteiger partial charge in [0.15, 0.2) is 0 Å². The summed E-state index contributed by atoms with van der Waals surface area (Å²) in [5, 5.41) is 18.4. The minimum Gasteiger partial charge on any atom is -0.506 e. The molecule has 0 spiro atoms. The van der Waals surface area contributed by atoms with Gasteiger partial charge in [0.05, 0.1) is 16.1 Å². The van der Waals surface area contributed by atoms with E-state index in [1.165, 1.54) is 24.3 Å². The van der Waals surface area contributed by atoms with Gasteiger partial charge < -0.3 is 5.11 Å². The molecule has 3 aromatic carbocycles. The number of alkyl halides is 3. The second-order valence-corrected chi connectivity index (χ2v) is 6.96. The summed E-state index contributed by atoms with van der Waals surface area (Å²) < 4.78 is 69.2. The van der Waals surface area contributed by atoms with Crippen molar-refractivity contribution in [2.24, 2.45) is 10.2 Å². The van der Waals surface area contributed by atoms with Gasteiger partial charge in [-0.3, -0.25) is 4.55 Å². The molecule has 0 bridgehead atoms. The molecule has 0 aliphatic rings. The topological polar surface area (TPSA) is 99.3 Å². The third kappa shape index (κ3) is 4.07. The summed E-state index contributed by atoms with van der Waals surface area (Å²) in [6, 6.07) is 10.3. The van der Waals surface area contributed by atoms with Crippen molar-refractivity contribution in [2.45, 2.75) is 11.1 Å². The van der Waals surface area contributed by atoms with E-state index in [0.29, 0.717) is 10.8 Å². The molecule has 140 valence electrons. The van der Waals surface area contributed by atoms with Crippen molar-refractivity contribution < 1.29 is 31.2 Å². The van der Waals surface area contributed by atoms with E-state index in [9.17, 15) is 26.7 Å². The number of aromatic hydroxyl groups is 1. The molecule has 0 aliphatic carbocycles. The molecule has 0 saturated carbocycles. The average molecular weight is 396 g/mol. The van der Waals surface area contributed by atoms with Crippen LogP contribution < -0.4 is 0 Å². The van der Waals surface area contributed by atoms with Gasteiger partial charge in [-0.25, -0.2) is 0 Å². The number of benzene rings is 3. The minimum atomic E-state index is -4.46. The zero-order valence-electron chi connectivity index (χ0n) is 13.3. The number of halogens is 3. The van der Waals surface area contributed by atoms with Crippen molar-refractivity contribution >= 4 is 32.3 Å². The Bertz CT molecular complexity index is 1140. The standard InChI is InChI=1S/C17H11F3N2O4S/c18-17(19,20)11-2-4-12(5-3-11)21-22-16-14-7-6-13(27(24,25)26)9-10(14)1-8-15(16)23/h1-9,23H,(H,24,25,26). The first-order chi connectivity index (χ1) is 12.6. The fraction of sp³-hybridized carbons (Fsp3) is 0.0588. The predicted octanol–water partition coefficient (Wildman–Crippen LogP) is 5.23. The Labute approximate surface area is 151 Å². The number of hydrogen-bond acceptors (Lipinski definition) is 5. The molecular weight excluding hydrogens is 385 g/mol. The van der Waals surface area contributed by atoms with Crippen LogP contribution in [0.15, 0.2) is 69.7 Å². The Morgan fingerprint density at radius 3 is 2.15 bits per heavy atom. The fourth-order valence-electron chi connectivity index (χ4n) is 2.37. The Morgan fingerprint density at radius 1 is 0.889 bits per heavy atom. The summed E-state index contributed by atoms with van der Waals surface area (Å²) in [4.78, 5) is -0.327. The third-order valence-corrected chi connectivity index (χ3v) is 4.55. The molecule has 0 amide bonds. The molecule has 0 aromatic heterocycles. The van der Waals surface area contributed by atoms with E-state index in [1.807, 2.05) is 0 Å². The molecule has 0 aliphatic heterocycles. The molecule has 3 aromatic rings. The second-order valence-electron chi connectivity index (χ2n) is 5.54. The van der Waals surface area contributed by atoms with E-state index < -0.39 is 21.9 Å². The first kappa shape index (κ1) is 18.8. The minimum absolute atomic E-state index is 0.00860. The molecule has 6 nitrogen and oxygen atoms in total. The molecule has 10 heteroatoms. The quantitative estimate of drug-likeness (QED) is 0.468. The maximum atomic E-state index is 12.6. The lowest BCUT2D eigenvalue weighted by atomic mass is 10.1. The van der Waals surface area contributed by atoms with Gasteiger partial charge in [0.25, 0.3) is 10.1 Å². The van der Waals surface area contributed by atoms with Crippen LogP contribution in [-0.4, -0.2) is 18.1 Å². The van der Waals surface area contributed by atoms with Crippen LogP contribution in [0.4, 0.5) is 24.5 Å². The van der Waals surface area contributed by atoms with Gasteiger partial charge in [0, 0.05) is 5.39 Å². The lowest BCUT2D eigenvalue weighted by molar-refractivity contribution is -0.137. The second kappa shape index (κ2) is 6.63. The zero-order valence-corrected chi connectivity index (χ0v) is 14.2. The van der Waals surface area contributed by atoms with Crippen LogP contribution in [0.1, 0.15) is 5.56 Å². The Kier molecular flexibility index (Phi) is 4.62. The molecular formula is C17H11F3N2O4S. The van der Waals surface area contributed by atoms with Gasteiger partial charge in [-0.1, -0.05) is 12.1 Å². The molecule has 27 heavy (non-hydrogen) atoms. The maximum Gasteiger partial charge on any atom is 0.416 e. The summed E-state index contributed by atoms with van der Waals surface area (Å²) in [7, 11) is -4.40. The molecule has 0 radical (unpaired) electrons. The van der Waals surface area contributed by atoms with Crippen LogP contribution >= 0.6 is 0 Å². The van der Waals surface area contributed by atoms with Gasteiger partial charge in [-0.05, 0) is 47.9 Å². The summed E-state index contributed by atoms with van der Waals surface area (Å²) in [6.45, 7) is 0. The molecule has 0 fully saturated rings. The van der Waals surface area contributed by atoms with Crippen molar-refractivity contribution in [2.75, 3.05) is 0 Å². The number of rotatable bonds is 3. The first-order valence-electron chi connectivity index (χ1n) is 7.38. The molecule has 0 unspecified atom stereocenters. The van der Waals surface area contributed by atoms with E-state index in [4.69, 9.17) is 4.55 Å². The average Bonchev–Trinajstić information content (AvgIpc) is 2.59. The largest absolute Gasteiger partial charge is 0.506 e. The van der Waals surface area contributed by atoms with E-state index in [2.05, 4.69) is 10.2 Å². The van der Waals surface area contributed by atoms with E-state index >= 15 is 0 Å². The van der Waals surface area contributed by atoms with Crippen LogP contribution in [0.2, 0.25) is 0 Å². The Hall–Kier alpha value is -2.98. The number of nitrogens with zero attached hydrogens (tertiary/aromatic N) is 2. The highest BCUT2D eigenvalue weighted by Crippen LogP contribution is 2.37. The Morgan fingerprint density at radius 2 is 1.56 bits per heavy atom. The van der Waals surface area contributed by atoms with Gasteiger partial charge >= 0.3 is 6.18 Å². The predicted molar refractivity (Wildman–Crippen MR) is 91.0 cm³/mol. The summed E-state index contributed by atoms with van der Waals surface area (Å²) in [5.41, 5.74) is -0.685. The Balaban J connectivity index is 2.01. The lowest BCUT2D eigenvalue weighted by Crippen LogP contribution is -2.03. The molecule has 0 atom stereocenters. The van der Waals surface area contributed by atoms with Crippen molar-refractivity contribution in [3.63, 3.8) is 0 Å². The number of hydrogen-bond donors (Lipinski definition) is 2. The lowest BCUT2D eigenvalue weighted by Gasteiger charge is -2.06. The third-order valence-electron chi connectivity index (χ3n) is 3.70. The van der Waals surface area contributed by atoms with Gasteiger partial charge in [0.1, 0.15) is 11.4 Å². The molecule has 0 heterocycles. The highest BCUT2D eigenvalue weighted by molar-refractivity contribution is 7.85. The zero-order chi connectivity index (χ0) is 19.8. The van der Waals surface area contributed by atoms with Crippen molar-refractivity contribution in [1.29, 1.82) is 0 Å². The van der Waals surface area contributed by atoms with Crippen LogP contribution in [0.5, 0.6) is 5.75 Å². The van der Waals surface area contributed by atoms with Crippen LogP contribution in [0, 0.1) is 0 Å². The van der Waals surface area contributed by atoms with E-state index in [1.54, 1.807) is 0 Å². The van der Waals surface area contributed by atoms with E-state index in [0.717, 1.165) is 30.3 Å². The maximum absolute atomic E-state index is 12.6. The number of phenols is 1. The van der Waals surface area contributed by atoms with Crippen molar-refractivity contribution in [3.05, 3.63) is 60.2 Å².